The second kappa shape index (κ2) is 5.46. The lowest BCUT2D eigenvalue weighted by Crippen LogP contribution is -2.25. The van der Waals surface area contributed by atoms with Gasteiger partial charge >= 0.3 is 0 Å². The van der Waals surface area contributed by atoms with Crippen LogP contribution in [-0.2, 0) is 9.84 Å². The average Bonchev–Trinajstić information content (AvgIpc) is 2.16. The first-order valence-corrected chi connectivity index (χ1v) is 7.24. The average molecular weight is 241 g/mol. The highest BCUT2D eigenvalue weighted by Gasteiger charge is 2.18. The molecule has 90 valence electrons. The van der Waals surface area contributed by atoms with Gasteiger partial charge in [-0.3, -0.25) is 0 Å². The number of benzene rings is 1. The molecule has 0 saturated carbocycles. The standard InChI is InChI=1S/C12H19NO2S/c1-10(2)8-16(14,15)9-12(13)11-6-4-3-5-7-11/h3-7,10,12H,8-9,13H2,1-2H3. The molecule has 1 aromatic carbocycles. The summed E-state index contributed by atoms with van der Waals surface area (Å²) in [5.74, 6) is 0.371. The summed E-state index contributed by atoms with van der Waals surface area (Å²) >= 11 is 0. The van der Waals surface area contributed by atoms with Gasteiger partial charge in [-0.2, -0.15) is 0 Å². The highest BCUT2D eigenvalue weighted by molar-refractivity contribution is 7.91. The van der Waals surface area contributed by atoms with Crippen LogP contribution in [0.5, 0.6) is 0 Å². The van der Waals surface area contributed by atoms with E-state index in [1.165, 1.54) is 0 Å². The maximum atomic E-state index is 11.7. The van der Waals surface area contributed by atoms with Gasteiger partial charge in [0.05, 0.1) is 11.5 Å². The van der Waals surface area contributed by atoms with Gasteiger partial charge in [-0.15, -0.1) is 0 Å². The lowest BCUT2D eigenvalue weighted by molar-refractivity contribution is 0.575. The number of hydrogen-bond donors (Lipinski definition) is 1. The van der Waals surface area contributed by atoms with Crippen LogP contribution < -0.4 is 5.73 Å². The summed E-state index contributed by atoms with van der Waals surface area (Å²) in [4.78, 5) is 0. The lowest BCUT2D eigenvalue weighted by Gasteiger charge is -2.13. The Bertz CT molecular complexity index is 412. The third-order valence-electron chi connectivity index (χ3n) is 2.25. The molecular weight excluding hydrogens is 222 g/mol. The normalized spacial score (nSPS) is 14.0. The SMILES string of the molecule is CC(C)CS(=O)(=O)CC(N)c1ccccc1. The molecule has 0 aliphatic rings. The molecule has 0 saturated heterocycles. The topological polar surface area (TPSA) is 60.2 Å². The van der Waals surface area contributed by atoms with E-state index < -0.39 is 15.9 Å². The molecule has 0 aliphatic heterocycles. The summed E-state index contributed by atoms with van der Waals surface area (Å²) < 4.78 is 23.5. The second-order valence-electron chi connectivity index (χ2n) is 4.49. The molecule has 0 spiro atoms. The molecule has 1 aromatic rings. The summed E-state index contributed by atoms with van der Waals surface area (Å²) in [6.45, 7) is 3.79. The molecule has 0 bridgehead atoms. The monoisotopic (exact) mass is 241 g/mol. The van der Waals surface area contributed by atoms with Crippen LogP contribution in [0.1, 0.15) is 25.5 Å². The Hall–Kier alpha value is -0.870. The van der Waals surface area contributed by atoms with E-state index in [1.807, 2.05) is 44.2 Å². The van der Waals surface area contributed by atoms with Crippen molar-refractivity contribution >= 4 is 9.84 Å². The molecule has 16 heavy (non-hydrogen) atoms. The largest absolute Gasteiger partial charge is 0.323 e. The van der Waals surface area contributed by atoms with Crippen LogP contribution in [0.3, 0.4) is 0 Å². The highest BCUT2D eigenvalue weighted by atomic mass is 32.2. The Morgan fingerprint density at radius 2 is 1.69 bits per heavy atom. The molecule has 0 amide bonds. The molecule has 1 atom stereocenters. The summed E-state index contributed by atoms with van der Waals surface area (Å²) in [6.07, 6.45) is 0. The molecule has 3 nitrogen and oxygen atoms in total. The van der Waals surface area contributed by atoms with Gasteiger partial charge in [0.1, 0.15) is 0 Å². The van der Waals surface area contributed by atoms with Gasteiger partial charge < -0.3 is 5.73 Å². The van der Waals surface area contributed by atoms with Crippen LogP contribution in [0.2, 0.25) is 0 Å². The van der Waals surface area contributed by atoms with E-state index in [0.29, 0.717) is 0 Å². The van der Waals surface area contributed by atoms with Crippen molar-refractivity contribution in [1.82, 2.24) is 0 Å². The number of nitrogens with two attached hydrogens (primary N) is 1. The van der Waals surface area contributed by atoms with Gasteiger partial charge in [0.25, 0.3) is 0 Å². The van der Waals surface area contributed by atoms with Crippen LogP contribution in [0.15, 0.2) is 30.3 Å². The predicted octanol–water partition coefficient (Wildman–Crippen LogP) is 1.76. The molecule has 0 aromatic heterocycles. The minimum absolute atomic E-state index is 0.0230. The zero-order chi connectivity index (χ0) is 12.2. The van der Waals surface area contributed by atoms with Crippen LogP contribution in [0, 0.1) is 5.92 Å². The zero-order valence-electron chi connectivity index (χ0n) is 9.76. The van der Waals surface area contributed by atoms with E-state index in [4.69, 9.17) is 5.73 Å². The van der Waals surface area contributed by atoms with Crippen molar-refractivity contribution < 1.29 is 8.42 Å². The van der Waals surface area contributed by atoms with Crippen LogP contribution >= 0.6 is 0 Å². The first kappa shape index (κ1) is 13.2. The van der Waals surface area contributed by atoms with E-state index in [0.717, 1.165) is 5.56 Å². The van der Waals surface area contributed by atoms with E-state index >= 15 is 0 Å². The maximum absolute atomic E-state index is 11.7. The Kier molecular flexibility index (Phi) is 4.50. The minimum atomic E-state index is -3.05. The molecule has 0 aliphatic carbocycles. The molecule has 1 unspecified atom stereocenters. The number of rotatable bonds is 5. The van der Waals surface area contributed by atoms with E-state index in [2.05, 4.69) is 0 Å². The van der Waals surface area contributed by atoms with Gasteiger partial charge in [-0.1, -0.05) is 44.2 Å². The Labute approximate surface area is 97.6 Å². The van der Waals surface area contributed by atoms with Crippen molar-refractivity contribution in [3.63, 3.8) is 0 Å². The fourth-order valence-corrected chi connectivity index (χ4v) is 3.54. The lowest BCUT2D eigenvalue weighted by atomic mass is 10.1. The van der Waals surface area contributed by atoms with Crippen LogP contribution in [-0.4, -0.2) is 19.9 Å². The van der Waals surface area contributed by atoms with E-state index in [1.54, 1.807) is 0 Å². The van der Waals surface area contributed by atoms with Gasteiger partial charge in [-0.05, 0) is 11.5 Å². The highest BCUT2D eigenvalue weighted by Crippen LogP contribution is 2.13. The number of hydrogen-bond acceptors (Lipinski definition) is 3. The van der Waals surface area contributed by atoms with Gasteiger partial charge in [0.2, 0.25) is 0 Å². The molecule has 0 radical (unpaired) electrons. The molecule has 4 heteroatoms. The van der Waals surface area contributed by atoms with Crippen molar-refractivity contribution in [3.05, 3.63) is 35.9 Å². The van der Waals surface area contributed by atoms with Gasteiger partial charge in [0, 0.05) is 6.04 Å². The quantitative estimate of drug-likeness (QED) is 0.854. The van der Waals surface area contributed by atoms with Gasteiger partial charge in [-0.25, -0.2) is 8.42 Å². The van der Waals surface area contributed by atoms with Crippen molar-refractivity contribution in [1.29, 1.82) is 0 Å². The summed E-state index contributed by atoms with van der Waals surface area (Å²) in [6, 6.07) is 8.91. The first-order chi connectivity index (χ1) is 7.41. The van der Waals surface area contributed by atoms with Gasteiger partial charge in [0.15, 0.2) is 9.84 Å². The minimum Gasteiger partial charge on any atom is -0.323 e. The Balaban J connectivity index is 2.68. The predicted molar refractivity (Wildman–Crippen MR) is 66.9 cm³/mol. The fraction of sp³-hybridized carbons (Fsp3) is 0.500. The summed E-state index contributed by atoms with van der Waals surface area (Å²) in [7, 11) is -3.05. The Morgan fingerprint density at radius 1 is 1.12 bits per heavy atom. The molecule has 1 rings (SSSR count). The van der Waals surface area contributed by atoms with Crippen molar-refractivity contribution in [2.75, 3.05) is 11.5 Å². The number of sulfone groups is 1. The van der Waals surface area contributed by atoms with Crippen LogP contribution in [0.25, 0.3) is 0 Å². The zero-order valence-corrected chi connectivity index (χ0v) is 10.6. The van der Waals surface area contributed by atoms with Crippen molar-refractivity contribution in [2.24, 2.45) is 11.7 Å². The third-order valence-corrected chi connectivity index (χ3v) is 4.29. The van der Waals surface area contributed by atoms with Crippen LogP contribution in [0.4, 0.5) is 0 Å². The van der Waals surface area contributed by atoms with Crippen molar-refractivity contribution in [3.8, 4) is 0 Å². The fourth-order valence-electron chi connectivity index (χ4n) is 1.65. The maximum Gasteiger partial charge on any atom is 0.152 e. The van der Waals surface area contributed by atoms with E-state index in [9.17, 15) is 8.42 Å². The molecule has 2 N–H and O–H groups in total. The third kappa shape index (κ3) is 4.33. The second-order valence-corrected chi connectivity index (χ2v) is 6.64. The Morgan fingerprint density at radius 3 is 2.19 bits per heavy atom. The molecular formula is C12H19NO2S. The summed E-state index contributed by atoms with van der Waals surface area (Å²) in [5.41, 5.74) is 6.75. The van der Waals surface area contributed by atoms with Crippen molar-refractivity contribution in [2.45, 2.75) is 19.9 Å². The molecule has 0 fully saturated rings. The van der Waals surface area contributed by atoms with E-state index in [-0.39, 0.29) is 17.4 Å². The smallest absolute Gasteiger partial charge is 0.152 e. The summed E-state index contributed by atoms with van der Waals surface area (Å²) in [5, 5.41) is 0. The first-order valence-electron chi connectivity index (χ1n) is 5.41. The molecule has 0 heterocycles.